The minimum atomic E-state index is -0.791. The van der Waals surface area contributed by atoms with Crippen molar-refractivity contribution in [1.29, 1.82) is 0 Å². The largest absolute Gasteiger partial charge is 0.503 e. The van der Waals surface area contributed by atoms with Gasteiger partial charge in [-0.15, -0.1) is 0 Å². The lowest BCUT2D eigenvalue weighted by molar-refractivity contribution is -0.129. The molecular formula is C22H29NO5. The predicted molar refractivity (Wildman–Crippen MR) is 107 cm³/mol. The van der Waals surface area contributed by atoms with Crippen molar-refractivity contribution >= 4 is 11.7 Å². The molecule has 1 N–H and O–H groups in total. The second kappa shape index (κ2) is 8.95. The highest BCUT2D eigenvalue weighted by atomic mass is 16.5. The molecule has 2 rings (SSSR count). The molecule has 152 valence electrons. The van der Waals surface area contributed by atoms with E-state index in [1.807, 2.05) is 6.08 Å². The number of nitrogens with zero attached hydrogens (tertiary/aromatic N) is 1. The fourth-order valence-corrected chi connectivity index (χ4v) is 3.19. The van der Waals surface area contributed by atoms with Gasteiger partial charge in [-0.3, -0.25) is 9.59 Å². The summed E-state index contributed by atoms with van der Waals surface area (Å²) in [5.74, 6) is -0.174. The third-order valence-corrected chi connectivity index (χ3v) is 4.62. The molecule has 0 saturated carbocycles. The van der Waals surface area contributed by atoms with E-state index in [1.54, 1.807) is 45.1 Å². The molecule has 0 aromatic carbocycles. The zero-order valence-corrected chi connectivity index (χ0v) is 17.0. The van der Waals surface area contributed by atoms with Crippen LogP contribution in [-0.2, 0) is 19.1 Å². The van der Waals surface area contributed by atoms with Gasteiger partial charge >= 0.3 is 0 Å². The lowest BCUT2D eigenvalue weighted by Crippen LogP contribution is -2.40. The fraction of sp³-hybridized carbons (Fsp3) is 0.455. The summed E-state index contributed by atoms with van der Waals surface area (Å²) in [6.45, 7) is 9.82. The van der Waals surface area contributed by atoms with Crippen molar-refractivity contribution in [3.8, 4) is 0 Å². The minimum absolute atomic E-state index is 0.0684. The van der Waals surface area contributed by atoms with Crippen molar-refractivity contribution in [1.82, 2.24) is 4.90 Å². The Hall–Kier alpha value is -2.76. The monoisotopic (exact) mass is 387 g/mol. The Morgan fingerprint density at radius 1 is 1.43 bits per heavy atom. The first-order chi connectivity index (χ1) is 13.2. The molecule has 2 aliphatic rings. The van der Waals surface area contributed by atoms with Gasteiger partial charge in [-0.1, -0.05) is 45.6 Å². The van der Waals surface area contributed by atoms with Crippen molar-refractivity contribution in [2.45, 2.75) is 39.7 Å². The van der Waals surface area contributed by atoms with E-state index >= 15 is 0 Å². The number of rotatable bonds is 8. The molecule has 1 atom stereocenters. The Morgan fingerprint density at radius 3 is 2.68 bits per heavy atom. The van der Waals surface area contributed by atoms with E-state index in [4.69, 9.17) is 9.47 Å². The number of aliphatic hydroxyl groups excluding tert-OH is 1. The number of hydrogen-bond donors (Lipinski definition) is 1. The van der Waals surface area contributed by atoms with Gasteiger partial charge in [0.15, 0.2) is 11.5 Å². The third kappa shape index (κ3) is 4.55. The van der Waals surface area contributed by atoms with E-state index in [1.165, 1.54) is 12.0 Å². The highest BCUT2D eigenvalue weighted by Crippen LogP contribution is 2.35. The maximum atomic E-state index is 13.0. The second-order valence-corrected chi connectivity index (χ2v) is 7.69. The summed E-state index contributed by atoms with van der Waals surface area (Å²) in [4.78, 5) is 27.3. The first-order valence-electron chi connectivity index (χ1n) is 9.36. The summed E-state index contributed by atoms with van der Waals surface area (Å²) in [5.41, 5.74) is -0.691. The van der Waals surface area contributed by atoms with Gasteiger partial charge in [0.25, 0.3) is 5.91 Å². The van der Waals surface area contributed by atoms with Crippen LogP contribution in [0.5, 0.6) is 0 Å². The van der Waals surface area contributed by atoms with Crippen LogP contribution in [0.25, 0.3) is 0 Å². The van der Waals surface area contributed by atoms with Crippen molar-refractivity contribution in [3.05, 3.63) is 59.8 Å². The Kier molecular flexibility index (Phi) is 6.89. The van der Waals surface area contributed by atoms with Gasteiger partial charge < -0.3 is 19.5 Å². The van der Waals surface area contributed by atoms with Crippen LogP contribution in [0.4, 0.5) is 0 Å². The molecule has 0 aromatic rings. The summed E-state index contributed by atoms with van der Waals surface area (Å²) in [7, 11) is 1.48. The molecule has 6 nitrogen and oxygen atoms in total. The van der Waals surface area contributed by atoms with Crippen molar-refractivity contribution in [3.63, 3.8) is 0 Å². The Bertz CT molecular complexity index is 764. The van der Waals surface area contributed by atoms with E-state index < -0.39 is 23.1 Å². The molecule has 0 fully saturated rings. The molecule has 28 heavy (non-hydrogen) atoms. The van der Waals surface area contributed by atoms with Crippen molar-refractivity contribution < 1.29 is 24.2 Å². The second-order valence-electron chi connectivity index (χ2n) is 7.69. The average molecular weight is 387 g/mol. The minimum Gasteiger partial charge on any atom is -0.503 e. The van der Waals surface area contributed by atoms with Gasteiger partial charge in [-0.2, -0.15) is 0 Å². The molecule has 0 saturated heterocycles. The summed E-state index contributed by atoms with van der Waals surface area (Å²) in [6.07, 6.45) is 10.1. The molecule has 1 unspecified atom stereocenters. The molecule has 2 aliphatic heterocycles. The summed E-state index contributed by atoms with van der Waals surface area (Å²) in [6, 6.07) is -0.791. The van der Waals surface area contributed by atoms with Gasteiger partial charge in [-0.25, -0.2) is 0 Å². The van der Waals surface area contributed by atoms with Crippen LogP contribution in [0.1, 0.15) is 33.6 Å². The molecule has 0 bridgehead atoms. The van der Waals surface area contributed by atoms with Crippen LogP contribution >= 0.6 is 0 Å². The van der Waals surface area contributed by atoms with E-state index in [0.717, 1.165) is 12.2 Å². The molecular weight excluding hydrogens is 358 g/mol. The van der Waals surface area contributed by atoms with Crippen LogP contribution in [0.15, 0.2) is 59.8 Å². The fourth-order valence-electron chi connectivity index (χ4n) is 3.19. The third-order valence-electron chi connectivity index (χ3n) is 4.62. The molecule has 2 heterocycles. The van der Waals surface area contributed by atoms with Gasteiger partial charge in [-0.05, 0) is 12.2 Å². The van der Waals surface area contributed by atoms with Crippen molar-refractivity contribution in [2.75, 3.05) is 20.3 Å². The van der Waals surface area contributed by atoms with Gasteiger partial charge in [0.1, 0.15) is 11.8 Å². The van der Waals surface area contributed by atoms with E-state index in [-0.39, 0.29) is 11.4 Å². The quantitative estimate of drug-likeness (QED) is 0.509. The number of carbonyl (C=O) groups is 2. The number of ether oxygens (including phenoxy) is 2. The maximum Gasteiger partial charge on any atom is 0.290 e. The zero-order valence-electron chi connectivity index (χ0n) is 17.0. The van der Waals surface area contributed by atoms with Gasteiger partial charge in [0.2, 0.25) is 0 Å². The van der Waals surface area contributed by atoms with Crippen LogP contribution in [-0.4, -0.2) is 48.0 Å². The number of hydrogen-bond acceptors (Lipinski definition) is 5. The van der Waals surface area contributed by atoms with E-state index in [9.17, 15) is 14.7 Å². The topological polar surface area (TPSA) is 76.1 Å². The lowest BCUT2D eigenvalue weighted by Gasteiger charge is -2.29. The smallest absolute Gasteiger partial charge is 0.290 e. The Labute approximate surface area is 166 Å². The predicted octanol–water partition coefficient (Wildman–Crippen LogP) is 3.59. The van der Waals surface area contributed by atoms with E-state index in [2.05, 4.69) is 6.58 Å². The summed E-state index contributed by atoms with van der Waals surface area (Å²) >= 11 is 0. The number of allylic oxidation sites excluding steroid dienone is 4. The zero-order chi connectivity index (χ0) is 20.9. The Balaban J connectivity index is 2.44. The highest BCUT2D eigenvalue weighted by Gasteiger charge is 2.47. The Morgan fingerprint density at radius 2 is 2.14 bits per heavy atom. The first-order valence-corrected chi connectivity index (χ1v) is 9.36. The molecule has 0 aliphatic carbocycles. The molecule has 0 radical (unpaired) electrons. The maximum absolute atomic E-state index is 13.0. The lowest BCUT2D eigenvalue weighted by atomic mass is 9.83. The van der Waals surface area contributed by atoms with Crippen LogP contribution in [0, 0.1) is 5.41 Å². The number of carbonyl (C=O) groups excluding carboxylic acids is 2. The summed E-state index contributed by atoms with van der Waals surface area (Å²) in [5, 5.41) is 10.5. The van der Waals surface area contributed by atoms with Crippen LogP contribution in [0.3, 0.4) is 0 Å². The first kappa shape index (κ1) is 21.5. The number of amides is 1. The van der Waals surface area contributed by atoms with Crippen LogP contribution < -0.4 is 0 Å². The highest BCUT2D eigenvalue weighted by molar-refractivity contribution is 6.11. The standard InChI is InChI=1S/C22H29NO5/c1-6-7-8-11-16(27-5)18-17(20(25)22(2,3)4)19(24)21(26)23(18)13-12-15-10-9-14-28-15/h6-8,10-11,18,24H,1,9,12-14H2,2-5H3/b8-7-,16-11-. The van der Waals surface area contributed by atoms with Crippen LogP contribution in [0.2, 0.25) is 0 Å². The van der Waals surface area contributed by atoms with Gasteiger partial charge in [0, 0.05) is 24.8 Å². The SMILES string of the molecule is C=C/C=C\C=C(/OC)C1C(C(=O)C(C)(C)C)=C(O)C(=O)N1CCC1=CCCO1. The number of Topliss-reactive ketones (excluding diaryl/α,β-unsaturated/α-hetero) is 1. The van der Waals surface area contributed by atoms with Crippen molar-refractivity contribution in [2.24, 2.45) is 5.41 Å². The summed E-state index contributed by atoms with van der Waals surface area (Å²) < 4.78 is 11.0. The average Bonchev–Trinajstić information content (AvgIpc) is 3.24. The molecule has 0 spiro atoms. The normalized spacial score (nSPS) is 20.6. The number of methoxy groups -OCH3 is 1. The van der Waals surface area contributed by atoms with E-state index in [0.29, 0.717) is 25.3 Å². The van der Waals surface area contributed by atoms with Gasteiger partial charge in [0.05, 0.1) is 25.0 Å². The molecule has 6 heteroatoms. The number of ketones is 1. The molecule has 0 aromatic heterocycles. The molecule has 1 amide bonds. The number of aliphatic hydroxyl groups is 1.